The lowest BCUT2D eigenvalue weighted by atomic mass is 10.1. The number of aromatic nitrogens is 2. The van der Waals surface area contributed by atoms with Gasteiger partial charge in [0, 0.05) is 5.56 Å². The van der Waals surface area contributed by atoms with E-state index in [1.54, 1.807) is 19.9 Å². The van der Waals surface area contributed by atoms with Crippen LogP contribution in [0.25, 0.3) is 11.5 Å². The molecular formula is C12H11FN2O3. The molecule has 1 heterocycles. The number of benzene rings is 1. The van der Waals surface area contributed by atoms with E-state index < -0.39 is 11.8 Å². The Labute approximate surface area is 103 Å². The normalized spacial score (nSPS) is 10.4. The second-order valence-electron chi connectivity index (χ2n) is 3.66. The molecule has 1 aromatic heterocycles. The van der Waals surface area contributed by atoms with Gasteiger partial charge in [-0.2, -0.15) is 4.98 Å². The fourth-order valence-corrected chi connectivity index (χ4v) is 1.48. The van der Waals surface area contributed by atoms with Gasteiger partial charge in [0.25, 0.3) is 11.7 Å². The zero-order valence-electron chi connectivity index (χ0n) is 9.94. The van der Waals surface area contributed by atoms with Crippen molar-refractivity contribution in [3.63, 3.8) is 0 Å². The van der Waals surface area contributed by atoms with Crippen LogP contribution in [0, 0.1) is 12.7 Å². The smallest absolute Gasteiger partial charge is 0.379 e. The van der Waals surface area contributed by atoms with E-state index >= 15 is 0 Å². The van der Waals surface area contributed by atoms with Crippen molar-refractivity contribution < 1.29 is 18.4 Å². The maximum absolute atomic E-state index is 13.2. The molecular weight excluding hydrogens is 239 g/mol. The average Bonchev–Trinajstić information content (AvgIpc) is 2.77. The summed E-state index contributed by atoms with van der Waals surface area (Å²) in [6.45, 7) is 3.64. The van der Waals surface area contributed by atoms with Crippen LogP contribution in [0.3, 0.4) is 0 Å². The molecule has 6 heteroatoms. The Balaban J connectivity index is 2.32. The Morgan fingerprint density at radius 2 is 2.22 bits per heavy atom. The topological polar surface area (TPSA) is 65.2 Å². The lowest BCUT2D eigenvalue weighted by Gasteiger charge is -1.97. The highest BCUT2D eigenvalue weighted by Gasteiger charge is 2.17. The van der Waals surface area contributed by atoms with Gasteiger partial charge in [-0.25, -0.2) is 9.18 Å². The minimum atomic E-state index is -0.666. The number of rotatable bonds is 3. The number of carbonyl (C=O) groups excluding carboxylic acids is 1. The first-order chi connectivity index (χ1) is 8.60. The van der Waals surface area contributed by atoms with Crippen LogP contribution in [0.5, 0.6) is 0 Å². The summed E-state index contributed by atoms with van der Waals surface area (Å²) in [6.07, 6.45) is 0. The third-order valence-corrected chi connectivity index (χ3v) is 2.17. The summed E-state index contributed by atoms with van der Waals surface area (Å²) in [5.41, 5.74) is 1.15. The van der Waals surface area contributed by atoms with Crippen LogP contribution in [0.15, 0.2) is 22.7 Å². The van der Waals surface area contributed by atoms with Gasteiger partial charge in [0.2, 0.25) is 0 Å². The minimum Gasteiger partial charge on any atom is -0.460 e. The maximum Gasteiger partial charge on any atom is 0.379 e. The number of halogens is 1. The van der Waals surface area contributed by atoms with Gasteiger partial charge in [-0.05, 0) is 42.8 Å². The number of hydrogen-bond acceptors (Lipinski definition) is 5. The van der Waals surface area contributed by atoms with Gasteiger partial charge in [-0.1, -0.05) is 0 Å². The number of carbonyl (C=O) groups is 1. The number of esters is 1. The lowest BCUT2D eigenvalue weighted by Crippen LogP contribution is -2.06. The van der Waals surface area contributed by atoms with Crippen LogP contribution >= 0.6 is 0 Å². The van der Waals surface area contributed by atoms with Crippen molar-refractivity contribution in [1.82, 2.24) is 10.1 Å². The summed E-state index contributed by atoms with van der Waals surface area (Å²) < 4.78 is 22.8. The molecule has 0 aliphatic carbocycles. The molecule has 0 bridgehead atoms. The van der Waals surface area contributed by atoms with Crippen molar-refractivity contribution in [2.24, 2.45) is 0 Å². The highest BCUT2D eigenvalue weighted by molar-refractivity contribution is 5.85. The van der Waals surface area contributed by atoms with Gasteiger partial charge >= 0.3 is 5.97 Å². The molecule has 0 aliphatic rings. The molecule has 0 amide bonds. The van der Waals surface area contributed by atoms with Crippen LogP contribution < -0.4 is 0 Å². The van der Waals surface area contributed by atoms with Gasteiger partial charge < -0.3 is 9.26 Å². The zero-order valence-corrected chi connectivity index (χ0v) is 9.94. The quantitative estimate of drug-likeness (QED) is 0.782. The Morgan fingerprint density at radius 1 is 1.44 bits per heavy atom. The van der Waals surface area contributed by atoms with Gasteiger partial charge in [0.1, 0.15) is 5.82 Å². The number of aryl methyl sites for hydroxylation is 1. The van der Waals surface area contributed by atoms with Crippen molar-refractivity contribution in [3.8, 4) is 11.5 Å². The molecule has 0 radical (unpaired) electrons. The molecule has 0 unspecified atom stereocenters. The van der Waals surface area contributed by atoms with E-state index in [0.717, 1.165) is 5.56 Å². The van der Waals surface area contributed by atoms with Crippen LogP contribution in [0.1, 0.15) is 23.1 Å². The molecule has 0 fully saturated rings. The van der Waals surface area contributed by atoms with E-state index in [-0.39, 0.29) is 18.3 Å². The number of hydrogen-bond donors (Lipinski definition) is 0. The first-order valence-corrected chi connectivity index (χ1v) is 5.38. The highest BCUT2D eigenvalue weighted by Crippen LogP contribution is 2.20. The predicted octanol–water partition coefficient (Wildman–Crippen LogP) is 2.36. The van der Waals surface area contributed by atoms with Gasteiger partial charge in [0.15, 0.2) is 0 Å². The van der Waals surface area contributed by atoms with Crippen molar-refractivity contribution in [2.75, 3.05) is 6.61 Å². The first-order valence-electron chi connectivity index (χ1n) is 5.38. The summed E-state index contributed by atoms with van der Waals surface area (Å²) >= 11 is 0. The second kappa shape index (κ2) is 4.95. The first kappa shape index (κ1) is 12.2. The third-order valence-electron chi connectivity index (χ3n) is 2.17. The van der Waals surface area contributed by atoms with Crippen LogP contribution in [0.2, 0.25) is 0 Å². The second-order valence-corrected chi connectivity index (χ2v) is 3.66. The monoisotopic (exact) mass is 250 g/mol. The Hall–Kier alpha value is -2.24. The van der Waals surface area contributed by atoms with Crippen LogP contribution in [-0.2, 0) is 4.74 Å². The molecule has 5 nitrogen and oxygen atoms in total. The molecule has 0 N–H and O–H groups in total. The summed E-state index contributed by atoms with van der Waals surface area (Å²) in [6, 6.07) is 4.33. The Morgan fingerprint density at radius 3 is 2.89 bits per heavy atom. The predicted molar refractivity (Wildman–Crippen MR) is 60.4 cm³/mol. The lowest BCUT2D eigenvalue weighted by molar-refractivity contribution is 0.0508. The fraction of sp³-hybridized carbons (Fsp3) is 0.250. The van der Waals surface area contributed by atoms with Gasteiger partial charge in [-0.3, -0.25) is 0 Å². The summed E-state index contributed by atoms with van der Waals surface area (Å²) in [7, 11) is 0. The molecule has 94 valence electrons. The summed E-state index contributed by atoms with van der Waals surface area (Å²) in [5, 5.41) is 3.49. The van der Waals surface area contributed by atoms with Crippen molar-refractivity contribution in [2.45, 2.75) is 13.8 Å². The van der Waals surface area contributed by atoms with Crippen molar-refractivity contribution >= 4 is 5.97 Å². The highest BCUT2D eigenvalue weighted by atomic mass is 19.1. The van der Waals surface area contributed by atoms with Gasteiger partial charge in [-0.15, -0.1) is 0 Å². The molecule has 1 aromatic carbocycles. The molecule has 0 saturated heterocycles. The number of nitrogens with zero attached hydrogens (tertiary/aromatic N) is 2. The largest absolute Gasteiger partial charge is 0.460 e. The van der Waals surface area contributed by atoms with Crippen molar-refractivity contribution in [3.05, 3.63) is 35.4 Å². The average molecular weight is 250 g/mol. The molecule has 0 aliphatic heterocycles. The molecule has 0 spiro atoms. The van der Waals surface area contributed by atoms with E-state index in [1.807, 2.05) is 0 Å². The summed E-state index contributed by atoms with van der Waals surface area (Å²) in [4.78, 5) is 15.2. The zero-order chi connectivity index (χ0) is 13.1. The molecule has 2 aromatic rings. The molecule has 0 saturated carbocycles. The maximum atomic E-state index is 13.2. The van der Waals surface area contributed by atoms with E-state index in [0.29, 0.717) is 5.56 Å². The van der Waals surface area contributed by atoms with Gasteiger partial charge in [0.05, 0.1) is 6.61 Å². The third kappa shape index (κ3) is 2.53. The number of ether oxygens (including phenoxy) is 1. The van der Waals surface area contributed by atoms with Crippen molar-refractivity contribution in [1.29, 1.82) is 0 Å². The van der Waals surface area contributed by atoms with E-state index in [4.69, 9.17) is 9.26 Å². The standard InChI is InChI=1S/C12H11FN2O3/c1-3-17-12(16)10-14-11(18-15-10)8-4-7(2)5-9(13)6-8/h4-6H,3H2,1-2H3. The summed E-state index contributed by atoms with van der Waals surface area (Å²) in [5.74, 6) is -1.16. The van der Waals surface area contributed by atoms with E-state index in [9.17, 15) is 9.18 Å². The molecule has 2 rings (SSSR count). The van der Waals surface area contributed by atoms with Crippen LogP contribution in [-0.4, -0.2) is 22.7 Å². The van der Waals surface area contributed by atoms with E-state index in [1.165, 1.54) is 12.1 Å². The van der Waals surface area contributed by atoms with E-state index in [2.05, 4.69) is 10.1 Å². The fourth-order valence-electron chi connectivity index (χ4n) is 1.48. The Kier molecular flexibility index (Phi) is 3.36. The molecule has 0 atom stereocenters. The molecule has 18 heavy (non-hydrogen) atoms. The SMILES string of the molecule is CCOC(=O)c1noc(-c2cc(C)cc(F)c2)n1. The van der Waals surface area contributed by atoms with Crippen LogP contribution in [0.4, 0.5) is 4.39 Å². The Bertz CT molecular complexity index is 560. The minimum absolute atomic E-state index is 0.0839.